The number of halogens is 1. The van der Waals surface area contributed by atoms with Crippen LogP contribution < -0.4 is 20.1 Å². The lowest BCUT2D eigenvalue weighted by molar-refractivity contribution is -0.118. The average molecular weight is 469 g/mol. The Morgan fingerprint density at radius 2 is 1.70 bits per heavy atom. The Kier molecular flexibility index (Phi) is 7.08. The van der Waals surface area contributed by atoms with Gasteiger partial charge in [0.05, 0.1) is 7.11 Å². The molecule has 0 aliphatic heterocycles. The molecule has 0 spiro atoms. The number of nitrogens with one attached hydrogen (secondary N) is 2. The summed E-state index contributed by atoms with van der Waals surface area (Å²) in [5.74, 6) is 0.631. The van der Waals surface area contributed by atoms with Crippen LogP contribution in [0.5, 0.6) is 11.5 Å². The molecule has 0 fully saturated rings. The standard InChI is InChI=1S/C23H21BrN2O4/c1-15-12-17(24)8-11-21(15)26-23(28)16-6-9-19(10-7-16)30-14-22(27)25-18-4-3-5-20(13-18)29-2/h3-13H,14H2,1-2H3,(H,25,27)(H,26,28). The lowest BCUT2D eigenvalue weighted by atomic mass is 10.1. The highest BCUT2D eigenvalue weighted by molar-refractivity contribution is 9.10. The Morgan fingerprint density at radius 3 is 2.40 bits per heavy atom. The van der Waals surface area contributed by atoms with Crippen molar-refractivity contribution in [1.29, 1.82) is 0 Å². The van der Waals surface area contributed by atoms with E-state index >= 15 is 0 Å². The first-order valence-corrected chi connectivity index (χ1v) is 9.98. The maximum atomic E-state index is 12.4. The van der Waals surface area contributed by atoms with Gasteiger partial charge in [-0.15, -0.1) is 0 Å². The van der Waals surface area contributed by atoms with Gasteiger partial charge in [0.15, 0.2) is 6.61 Å². The number of anilines is 2. The number of hydrogen-bond acceptors (Lipinski definition) is 4. The van der Waals surface area contributed by atoms with Crippen molar-refractivity contribution in [2.24, 2.45) is 0 Å². The summed E-state index contributed by atoms with van der Waals surface area (Å²) < 4.78 is 11.6. The summed E-state index contributed by atoms with van der Waals surface area (Å²) in [6, 6.07) is 19.3. The third-order valence-electron chi connectivity index (χ3n) is 4.28. The second kappa shape index (κ2) is 9.93. The first-order valence-electron chi connectivity index (χ1n) is 9.19. The summed E-state index contributed by atoms with van der Waals surface area (Å²) in [5.41, 5.74) is 2.82. The molecule has 0 unspecified atom stereocenters. The van der Waals surface area contributed by atoms with Crippen molar-refractivity contribution in [3.8, 4) is 11.5 Å². The molecule has 0 bridgehead atoms. The minimum Gasteiger partial charge on any atom is -0.497 e. The van der Waals surface area contributed by atoms with E-state index in [1.54, 1.807) is 55.6 Å². The second-order valence-corrected chi connectivity index (χ2v) is 7.42. The van der Waals surface area contributed by atoms with Gasteiger partial charge in [0.1, 0.15) is 11.5 Å². The first kappa shape index (κ1) is 21.4. The number of hydrogen-bond donors (Lipinski definition) is 2. The van der Waals surface area contributed by atoms with Gasteiger partial charge in [-0.1, -0.05) is 22.0 Å². The van der Waals surface area contributed by atoms with Crippen LogP contribution in [0.3, 0.4) is 0 Å². The van der Waals surface area contributed by atoms with Crippen LogP contribution in [-0.4, -0.2) is 25.5 Å². The summed E-state index contributed by atoms with van der Waals surface area (Å²) in [4.78, 5) is 24.5. The van der Waals surface area contributed by atoms with Crippen molar-refractivity contribution in [2.75, 3.05) is 24.4 Å². The monoisotopic (exact) mass is 468 g/mol. The molecule has 0 radical (unpaired) electrons. The fourth-order valence-electron chi connectivity index (χ4n) is 2.71. The van der Waals surface area contributed by atoms with Crippen molar-refractivity contribution in [3.63, 3.8) is 0 Å². The maximum absolute atomic E-state index is 12.4. The number of ether oxygens (including phenoxy) is 2. The highest BCUT2D eigenvalue weighted by Gasteiger charge is 2.09. The van der Waals surface area contributed by atoms with E-state index in [1.165, 1.54) is 0 Å². The molecule has 30 heavy (non-hydrogen) atoms. The quantitative estimate of drug-likeness (QED) is 0.509. The maximum Gasteiger partial charge on any atom is 0.262 e. The van der Waals surface area contributed by atoms with E-state index in [4.69, 9.17) is 9.47 Å². The van der Waals surface area contributed by atoms with Gasteiger partial charge < -0.3 is 20.1 Å². The molecule has 2 N–H and O–H groups in total. The van der Waals surface area contributed by atoms with E-state index in [1.807, 2.05) is 25.1 Å². The summed E-state index contributed by atoms with van der Waals surface area (Å²) in [5, 5.41) is 5.63. The molecule has 3 aromatic rings. The van der Waals surface area contributed by atoms with E-state index in [2.05, 4.69) is 26.6 Å². The molecule has 154 valence electrons. The first-order chi connectivity index (χ1) is 14.4. The molecule has 7 heteroatoms. The van der Waals surface area contributed by atoms with Crippen molar-refractivity contribution < 1.29 is 19.1 Å². The van der Waals surface area contributed by atoms with Crippen LogP contribution in [-0.2, 0) is 4.79 Å². The van der Waals surface area contributed by atoms with Gasteiger partial charge in [0.2, 0.25) is 0 Å². The lowest BCUT2D eigenvalue weighted by Gasteiger charge is -2.10. The highest BCUT2D eigenvalue weighted by Crippen LogP contribution is 2.21. The number of rotatable bonds is 7. The fourth-order valence-corrected chi connectivity index (χ4v) is 3.19. The number of carbonyl (C=O) groups excluding carboxylic acids is 2. The summed E-state index contributed by atoms with van der Waals surface area (Å²) in [6.07, 6.45) is 0. The van der Waals surface area contributed by atoms with Crippen LogP contribution in [0, 0.1) is 6.92 Å². The number of benzene rings is 3. The van der Waals surface area contributed by atoms with Crippen LogP contribution >= 0.6 is 15.9 Å². The average Bonchev–Trinajstić information content (AvgIpc) is 2.74. The van der Waals surface area contributed by atoms with Crippen LogP contribution in [0.2, 0.25) is 0 Å². The Bertz CT molecular complexity index is 1050. The SMILES string of the molecule is COc1cccc(NC(=O)COc2ccc(C(=O)Nc3ccc(Br)cc3C)cc2)c1. The lowest BCUT2D eigenvalue weighted by Crippen LogP contribution is -2.20. The Balaban J connectivity index is 1.53. The van der Waals surface area contributed by atoms with E-state index in [9.17, 15) is 9.59 Å². The molecule has 0 aromatic heterocycles. The summed E-state index contributed by atoms with van der Waals surface area (Å²) in [7, 11) is 1.56. The zero-order valence-electron chi connectivity index (χ0n) is 16.6. The Labute approximate surface area is 183 Å². The van der Waals surface area contributed by atoms with E-state index in [-0.39, 0.29) is 18.4 Å². The highest BCUT2D eigenvalue weighted by atomic mass is 79.9. The molecule has 0 heterocycles. The summed E-state index contributed by atoms with van der Waals surface area (Å²) >= 11 is 3.40. The van der Waals surface area contributed by atoms with Crippen LogP contribution in [0.25, 0.3) is 0 Å². The van der Waals surface area contributed by atoms with E-state index in [0.717, 1.165) is 15.7 Å². The van der Waals surface area contributed by atoms with Crippen LogP contribution in [0.15, 0.2) is 71.2 Å². The predicted octanol–water partition coefficient (Wildman–Crippen LogP) is 5.04. The molecule has 0 saturated heterocycles. The van der Waals surface area contributed by atoms with Gasteiger partial charge in [0.25, 0.3) is 11.8 Å². The normalized spacial score (nSPS) is 10.2. The van der Waals surface area contributed by atoms with Gasteiger partial charge in [-0.3, -0.25) is 9.59 Å². The molecule has 6 nitrogen and oxygen atoms in total. The smallest absolute Gasteiger partial charge is 0.262 e. The molecule has 0 atom stereocenters. The summed E-state index contributed by atoms with van der Waals surface area (Å²) in [6.45, 7) is 1.77. The van der Waals surface area contributed by atoms with Crippen molar-refractivity contribution >= 4 is 39.1 Å². The number of methoxy groups -OCH3 is 1. The molecule has 3 aromatic carbocycles. The van der Waals surface area contributed by atoms with Crippen molar-refractivity contribution in [2.45, 2.75) is 6.92 Å². The zero-order chi connectivity index (χ0) is 21.5. The van der Waals surface area contributed by atoms with Gasteiger partial charge in [-0.05, 0) is 67.1 Å². The minimum atomic E-state index is -0.296. The molecular formula is C23H21BrN2O4. The molecule has 3 rings (SSSR count). The van der Waals surface area contributed by atoms with Gasteiger partial charge in [-0.25, -0.2) is 0 Å². The third kappa shape index (κ3) is 5.84. The predicted molar refractivity (Wildman–Crippen MR) is 120 cm³/mol. The topological polar surface area (TPSA) is 76.7 Å². The minimum absolute atomic E-state index is 0.152. The van der Waals surface area contributed by atoms with Gasteiger partial charge in [-0.2, -0.15) is 0 Å². The Hall–Kier alpha value is -3.32. The van der Waals surface area contributed by atoms with Gasteiger partial charge >= 0.3 is 0 Å². The van der Waals surface area contributed by atoms with E-state index < -0.39 is 0 Å². The van der Waals surface area contributed by atoms with Gasteiger partial charge in [0, 0.05) is 27.5 Å². The molecule has 2 amide bonds. The molecule has 0 aliphatic rings. The fraction of sp³-hybridized carbons (Fsp3) is 0.130. The molecular weight excluding hydrogens is 448 g/mol. The molecule has 0 saturated carbocycles. The largest absolute Gasteiger partial charge is 0.497 e. The zero-order valence-corrected chi connectivity index (χ0v) is 18.2. The number of aryl methyl sites for hydroxylation is 1. The van der Waals surface area contributed by atoms with E-state index in [0.29, 0.717) is 22.7 Å². The number of amides is 2. The second-order valence-electron chi connectivity index (χ2n) is 6.51. The van der Waals surface area contributed by atoms with Crippen LogP contribution in [0.1, 0.15) is 15.9 Å². The number of carbonyl (C=O) groups is 2. The van der Waals surface area contributed by atoms with Crippen LogP contribution in [0.4, 0.5) is 11.4 Å². The van der Waals surface area contributed by atoms with Crippen molar-refractivity contribution in [3.05, 3.63) is 82.3 Å². The molecule has 0 aliphatic carbocycles. The third-order valence-corrected chi connectivity index (χ3v) is 4.77. The van der Waals surface area contributed by atoms with Crippen molar-refractivity contribution in [1.82, 2.24) is 0 Å². The Morgan fingerprint density at radius 1 is 0.933 bits per heavy atom.